The van der Waals surface area contributed by atoms with Gasteiger partial charge in [0.1, 0.15) is 12.6 Å². The van der Waals surface area contributed by atoms with E-state index in [2.05, 4.69) is 5.32 Å². The fourth-order valence-corrected chi connectivity index (χ4v) is 2.80. The van der Waals surface area contributed by atoms with Gasteiger partial charge in [0.25, 0.3) is 0 Å². The highest BCUT2D eigenvalue weighted by Crippen LogP contribution is 2.26. The number of rotatable bonds is 7. The normalized spacial score (nSPS) is 11.5. The van der Waals surface area contributed by atoms with Gasteiger partial charge in [0.2, 0.25) is 0 Å². The molecule has 3 aromatic carbocycles. The van der Waals surface area contributed by atoms with Gasteiger partial charge < -0.3 is 14.8 Å². The van der Waals surface area contributed by atoms with Crippen LogP contribution in [0.4, 0.5) is 4.79 Å². The Labute approximate surface area is 170 Å². The minimum atomic E-state index is -0.854. The van der Waals surface area contributed by atoms with Gasteiger partial charge in [-0.25, -0.2) is 9.59 Å². The number of benzene rings is 3. The van der Waals surface area contributed by atoms with Crippen LogP contribution in [0.5, 0.6) is 0 Å². The highest BCUT2D eigenvalue weighted by Gasteiger charge is 2.24. The van der Waals surface area contributed by atoms with Gasteiger partial charge in [0.15, 0.2) is 6.10 Å². The van der Waals surface area contributed by atoms with Gasteiger partial charge in [0, 0.05) is 0 Å². The van der Waals surface area contributed by atoms with E-state index in [1.807, 2.05) is 91.0 Å². The van der Waals surface area contributed by atoms with Gasteiger partial charge in [-0.1, -0.05) is 91.0 Å². The van der Waals surface area contributed by atoms with Crippen LogP contribution in [0.15, 0.2) is 91.0 Å². The summed E-state index contributed by atoms with van der Waals surface area (Å²) in [7, 11) is 0. The summed E-state index contributed by atoms with van der Waals surface area (Å²) in [6.45, 7) is 1.70. The smallest absolute Gasteiger partial charge is 0.408 e. The van der Waals surface area contributed by atoms with Gasteiger partial charge in [-0.2, -0.15) is 0 Å². The summed E-state index contributed by atoms with van der Waals surface area (Å²) in [6.07, 6.45) is -1.23. The Morgan fingerprint density at radius 3 is 1.79 bits per heavy atom. The minimum absolute atomic E-state index is 0.130. The van der Waals surface area contributed by atoms with E-state index in [4.69, 9.17) is 9.47 Å². The quantitative estimate of drug-likeness (QED) is 0.598. The molecule has 0 radical (unpaired) electrons. The fourth-order valence-electron chi connectivity index (χ4n) is 2.80. The van der Waals surface area contributed by atoms with E-state index in [0.29, 0.717) is 0 Å². The van der Waals surface area contributed by atoms with Crippen molar-refractivity contribution in [1.82, 2.24) is 5.32 Å². The van der Waals surface area contributed by atoms with Crippen molar-refractivity contribution < 1.29 is 19.1 Å². The van der Waals surface area contributed by atoms with Crippen LogP contribution in [0, 0.1) is 0 Å². The lowest BCUT2D eigenvalue weighted by Gasteiger charge is -2.21. The number of alkyl carbamates (subject to hydrolysis) is 1. The van der Waals surface area contributed by atoms with Crippen LogP contribution in [0.2, 0.25) is 0 Å². The van der Waals surface area contributed by atoms with Crippen molar-refractivity contribution in [2.45, 2.75) is 25.7 Å². The molecule has 0 unspecified atom stereocenters. The molecule has 0 aliphatic heterocycles. The zero-order valence-corrected chi connectivity index (χ0v) is 16.2. The van der Waals surface area contributed by atoms with E-state index in [9.17, 15) is 9.59 Å². The molecule has 1 atom stereocenters. The van der Waals surface area contributed by atoms with Crippen LogP contribution >= 0.6 is 0 Å². The molecular weight excluding hydrogens is 366 g/mol. The molecule has 0 heterocycles. The predicted octanol–water partition coefficient (Wildman–Crippen LogP) is 4.63. The average Bonchev–Trinajstić information content (AvgIpc) is 2.77. The molecule has 0 bridgehead atoms. The van der Waals surface area contributed by atoms with Crippen LogP contribution in [0.3, 0.4) is 0 Å². The van der Waals surface area contributed by atoms with E-state index >= 15 is 0 Å². The standard InChI is InChI=1S/C24H23NO4/c1-18(25-24(27)28-17-19-11-5-2-6-12-19)23(26)29-22(20-13-7-3-8-14-20)21-15-9-4-10-16-21/h2-16,18,22H,17H2,1H3,(H,25,27)/t18-/m0/s1. The number of ether oxygens (including phenoxy) is 2. The van der Waals surface area contributed by atoms with Crippen LogP contribution in [0.1, 0.15) is 29.7 Å². The molecule has 3 rings (SSSR count). The number of nitrogens with one attached hydrogen (secondary N) is 1. The zero-order chi connectivity index (χ0) is 20.5. The molecule has 0 saturated heterocycles. The SMILES string of the molecule is C[C@H](NC(=O)OCc1ccccc1)C(=O)OC(c1ccccc1)c1ccccc1. The molecule has 0 fully saturated rings. The first-order valence-electron chi connectivity index (χ1n) is 9.41. The molecule has 29 heavy (non-hydrogen) atoms. The maximum absolute atomic E-state index is 12.6. The lowest BCUT2D eigenvalue weighted by atomic mass is 10.0. The third-order valence-electron chi connectivity index (χ3n) is 4.34. The Morgan fingerprint density at radius 1 is 0.793 bits per heavy atom. The summed E-state index contributed by atoms with van der Waals surface area (Å²) in [6, 6.07) is 27.4. The second-order valence-electron chi connectivity index (χ2n) is 6.57. The van der Waals surface area contributed by atoms with Crippen molar-refractivity contribution in [1.29, 1.82) is 0 Å². The number of carbonyl (C=O) groups excluding carboxylic acids is 2. The number of esters is 1. The minimum Gasteiger partial charge on any atom is -0.451 e. The second-order valence-corrected chi connectivity index (χ2v) is 6.57. The van der Waals surface area contributed by atoms with Gasteiger partial charge in [0.05, 0.1) is 0 Å². The number of carbonyl (C=O) groups is 2. The second kappa shape index (κ2) is 10.1. The molecule has 5 nitrogen and oxygen atoms in total. The molecule has 0 aliphatic rings. The Balaban J connectivity index is 1.61. The van der Waals surface area contributed by atoms with E-state index in [0.717, 1.165) is 16.7 Å². The monoisotopic (exact) mass is 389 g/mol. The predicted molar refractivity (Wildman–Crippen MR) is 110 cm³/mol. The van der Waals surface area contributed by atoms with Gasteiger partial charge >= 0.3 is 12.1 Å². The lowest BCUT2D eigenvalue weighted by molar-refractivity contribution is -0.149. The molecule has 3 aromatic rings. The summed E-state index contributed by atoms with van der Waals surface area (Å²) in [5, 5.41) is 2.52. The number of amides is 1. The molecule has 5 heteroatoms. The van der Waals surface area contributed by atoms with E-state index in [1.165, 1.54) is 0 Å². The maximum atomic E-state index is 12.6. The molecule has 1 amide bonds. The van der Waals surface area contributed by atoms with Crippen molar-refractivity contribution in [2.75, 3.05) is 0 Å². The molecule has 0 aromatic heterocycles. The number of hydrogen-bond acceptors (Lipinski definition) is 4. The van der Waals surface area contributed by atoms with Crippen LogP contribution in [-0.4, -0.2) is 18.1 Å². The largest absolute Gasteiger partial charge is 0.451 e. The van der Waals surface area contributed by atoms with E-state index < -0.39 is 24.2 Å². The third-order valence-corrected chi connectivity index (χ3v) is 4.34. The van der Waals surface area contributed by atoms with Crippen molar-refractivity contribution in [2.24, 2.45) is 0 Å². The van der Waals surface area contributed by atoms with E-state index in [1.54, 1.807) is 6.92 Å². The first kappa shape index (κ1) is 20.1. The number of hydrogen-bond donors (Lipinski definition) is 1. The Kier molecular flexibility index (Phi) is 7.00. The van der Waals surface area contributed by atoms with Crippen molar-refractivity contribution in [3.8, 4) is 0 Å². The Bertz CT molecular complexity index is 874. The highest BCUT2D eigenvalue weighted by molar-refractivity contribution is 5.81. The van der Waals surface area contributed by atoms with Gasteiger partial charge in [-0.3, -0.25) is 0 Å². The molecular formula is C24H23NO4. The first-order chi connectivity index (χ1) is 14.1. The van der Waals surface area contributed by atoms with Gasteiger partial charge in [-0.05, 0) is 23.6 Å². The van der Waals surface area contributed by atoms with Crippen molar-refractivity contribution in [3.05, 3.63) is 108 Å². The first-order valence-corrected chi connectivity index (χ1v) is 9.41. The van der Waals surface area contributed by atoms with Crippen LogP contribution < -0.4 is 5.32 Å². The van der Waals surface area contributed by atoms with Crippen molar-refractivity contribution in [3.63, 3.8) is 0 Å². The molecule has 148 valence electrons. The Morgan fingerprint density at radius 2 is 1.28 bits per heavy atom. The molecule has 0 saturated carbocycles. The van der Waals surface area contributed by atoms with E-state index in [-0.39, 0.29) is 6.61 Å². The maximum Gasteiger partial charge on any atom is 0.408 e. The molecule has 0 aliphatic carbocycles. The lowest BCUT2D eigenvalue weighted by Crippen LogP contribution is -2.40. The van der Waals surface area contributed by atoms with Gasteiger partial charge in [-0.15, -0.1) is 0 Å². The van der Waals surface area contributed by atoms with Crippen molar-refractivity contribution >= 4 is 12.1 Å². The average molecular weight is 389 g/mol. The summed E-state index contributed by atoms with van der Waals surface area (Å²) in [5.74, 6) is -0.542. The molecule has 0 spiro atoms. The topological polar surface area (TPSA) is 64.6 Å². The zero-order valence-electron chi connectivity index (χ0n) is 16.2. The summed E-state index contributed by atoms with van der Waals surface area (Å²) < 4.78 is 10.9. The summed E-state index contributed by atoms with van der Waals surface area (Å²) >= 11 is 0. The van der Waals surface area contributed by atoms with Crippen LogP contribution in [0.25, 0.3) is 0 Å². The summed E-state index contributed by atoms with van der Waals surface area (Å²) in [4.78, 5) is 24.6. The Hall–Kier alpha value is -3.60. The van der Waals surface area contributed by atoms with Crippen LogP contribution in [-0.2, 0) is 20.9 Å². The highest BCUT2D eigenvalue weighted by atomic mass is 16.6. The summed E-state index contributed by atoms with van der Waals surface area (Å²) in [5.41, 5.74) is 2.57. The third kappa shape index (κ3) is 5.94. The fraction of sp³-hybridized carbons (Fsp3) is 0.167. The molecule has 1 N–H and O–H groups in total.